The number of aryl methyl sites for hydroxylation is 1. The monoisotopic (exact) mass is 407 g/mol. The van der Waals surface area contributed by atoms with Crippen molar-refractivity contribution in [2.75, 3.05) is 32.7 Å². The molecular formula is C23H29N5O2. The molecule has 7 heteroatoms. The van der Waals surface area contributed by atoms with Crippen LogP contribution in [0.2, 0.25) is 0 Å². The molecule has 1 aliphatic heterocycles. The van der Waals surface area contributed by atoms with Crippen molar-refractivity contribution in [3.8, 4) is 11.5 Å². The Labute approximate surface area is 177 Å². The summed E-state index contributed by atoms with van der Waals surface area (Å²) in [7, 11) is 0. The molecule has 30 heavy (non-hydrogen) atoms. The molecule has 1 amide bonds. The number of rotatable bonds is 7. The lowest BCUT2D eigenvalue weighted by Crippen LogP contribution is -2.45. The lowest BCUT2D eigenvalue weighted by molar-refractivity contribution is 0.0946. The van der Waals surface area contributed by atoms with Crippen LogP contribution in [0.15, 0.2) is 46.9 Å². The van der Waals surface area contributed by atoms with Crippen LogP contribution in [0.1, 0.15) is 34.3 Å². The van der Waals surface area contributed by atoms with Gasteiger partial charge in [-0.05, 0) is 36.7 Å². The van der Waals surface area contributed by atoms with E-state index in [2.05, 4.69) is 56.5 Å². The van der Waals surface area contributed by atoms with Gasteiger partial charge < -0.3 is 14.6 Å². The SMILES string of the molecule is CCN1CCN(Cc2ccc(CNC(=O)c3cc(-c4ccc(C)o4)[nH]n3)cc2)CC1. The Morgan fingerprint density at radius 1 is 1.07 bits per heavy atom. The molecule has 1 fully saturated rings. The Kier molecular flexibility index (Phi) is 6.30. The Morgan fingerprint density at radius 2 is 1.77 bits per heavy atom. The van der Waals surface area contributed by atoms with E-state index in [1.165, 1.54) is 5.56 Å². The number of hydrogen-bond acceptors (Lipinski definition) is 5. The van der Waals surface area contributed by atoms with E-state index in [0.29, 0.717) is 23.7 Å². The van der Waals surface area contributed by atoms with Crippen molar-refractivity contribution in [3.63, 3.8) is 0 Å². The third-order valence-corrected chi connectivity index (χ3v) is 5.61. The summed E-state index contributed by atoms with van der Waals surface area (Å²) in [5.74, 6) is 1.28. The fourth-order valence-electron chi connectivity index (χ4n) is 3.70. The van der Waals surface area contributed by atoms with E-state index in [0.717, 1.165) is 50.6 Å². The molecular weight excluding hydrogens is 378 g/mol. The predicted octanol–water partition coefficient (Wildman–Crippen LogP) is 3.05. The van der Waals surface area contributed by atoms with E-state index in [-0.39, 0.29) is 5.91 Å². The number of carbonyl (C=O) groups is 1. The minimum atomic E-state index is -0.210. The molecule has 0 spiro atoms. The van der Waals surface area contributed by atoms with Gasteiger partial charge in [0.15, 0.2) is 11.5 Å². The summed E-state index contributed by atoms with van der Waals surface area (Å²) in [6.45, 7) is 11.2. The number of benzene rings is 1. The maximum atomic E-state index is 12.4. The van der Waals surface area contributed by atoms with Gasteiger partial charge in [0.25, 0.3) is 5.91 Å². The molecule has 0 saturated carbocycles. The standard InChI is InChI=1S/C23H29N5O2/c1-3-27-10-12-28(13-11-27)16-19-7-5-18(6-8-19)15-24-23(29)21-14-20(25-26-21)22-9-4-17(2)30-22/h4-9,14H,3,10-13,15-16H2,1-2H3,(H,24,29)(H,25,26). The van der Waals surface area contributed by atoms with Crippen LogP contribution in [0.3, 0.4) is 0 Å². The highest BCUT2D eigenvalue weighted by Gasteiger charge is 2.16. The molecule has 0 bridgehead atoms. The van der Waals surface area contributed by atoms with Crippen molar-refractivity contribution in [3.05, 3.63) is 65.0 Å². The fraction of sp³-hybridized carbons (Fsp3) is 0.391. The van der Waals surface area contributed by atoms with E-state index < -0.39 is 0 Å². The van der Waals surface area contributed by atoms with Gasteiger partial charge in [-0.3, -0.25) is 14.8 Å². The molecule has 1 aliphatic rings. The summed E-state index contributed by atoms with van der Waals surface area (Å²) in [4.78, 5) is 17.4. The normalized spacial score (nSPS) is 15.4. The first kappa shape index (κ1) is 20.4. The number of H-pyrrole nitrogens is 1. The first-order chi connectivity index (χ1) is 14.6. The highest BCUT2D eigenvalue weighted by atomic mass is 16.3. The van der Waals surface area contributed by atoms with Crippen LogP contribution in [-0.4, -0.2) is 58.6 Å². The molecule has 2 aromatic heterocycles. The van der Waals surface area contributed by atoms with E-state index in [1.807, 2.05) is 19.1 Å². The van der Waals surface area contributed by atoms with Gasteiger partial charge >= 0.3 is 0 Å². The maximum Gasteiger partial charge on any atom is 0.272 e. The third kappa shape index (κ3) is 4.98. The zero-order chi connectivity index (χ0) is 20.9. The van der Waals surface area contributed by atoms with E-state index in [1.54, 1.807) is 6.07 Å². The second-order valence-corrected chi connectivity index (χ2v) is 7.79. The first-order valence-corrected chi connectivity index (χ1v) is 10.5. The van der Waals surface area contributed by atoms with Crippen molar-refractivity contribution >= 4 is 5.91 Å². The van der Waals surface area contributed by atoms with E-state index in [9.17, 15) is 4.79 Å². The quantitative estimate of drug-likeness (QED) is 0.630. The van der Waals surface area contributed by atoms with E-state index in [4.69, 9.17) is 4.42 Å². The molecule has 7 nitrogen and oxygen atoms in total. The van der Waals surface area contributed by atoms with Crippen LogP contribution >= 0.6 is 0 Å². The smallest absolute Gasteiger partial charge is 0.272 e. The number of hydrogen-bond donors (Lipinski definition) is 2. The van der Waals surface area contributed by atoms with Crippen molar-refractivity contribution < 1.29 is 9.21 Å². The average molecular weight is 408 g/mol. The van der Waals surface area contributed by atoms with Crippen molar-refractivity contribution in [2.45, 2.75) is 26.9 Å². The molecule has 158 valence electrons. The number of furan rings is 1. The van der Waals surface area contributed by atoms with Crippen LogP contribution in [0.4, 0.5) is 0 Å². The van der Waals surface area contributed by atoms with Gasteiger partial charge in [-0.1, -0.05) is 31.2 Å². The van der Waals surface area contributed by atoms with Crippen molar-refractivity contribution in [1.29, 1.82) is 0 Å². The number of nitrogens with one attached hydrogen (secondary N) is 2. The number of nitrogens with zero attached hydrogens (tertiary/aromatic N) is 3. The van der Waals surface area contributed by atoms with Crippen molar-refractivity contribution in [2.24, 2.45) is 0 Å². The summed E-state index contributed by atoms with van der Waals surface area (Å²) in [5.41, 5.74) is 3.42. The highest BCUT2D eigenvalue weighted by Crippen LogP contribution is 2.20. The minimum absolute atomic E-state index is 0.210. The molecule has 1 aromatic carbocycles. The number of likely N-dealkylation sites (N-methyl/N-ethyl adjacent to an activating group) is 1. The Hall–Kier alpha value is -2.90. The van der Waals surface area contributed by atoms with Gasteiger partial charge in [0.05, 0.1) is 0 Å². The second-order valence-electron chi connectivity index (χ2n) is 7.79. The number of piperazine rings is 1. The predicted molar refractivity (Wildman–Crippen MR) is 116 cm³/mol. The third-order valence-electron chi connectivity index (χ3n) is 5.61. The minimum Gasteiger partial charge on any atom is -0.460 e. The topological polar surface area (TPSA) is 77.4 Å². The summed E-state index contributed by atoms with van der Waals surface area (Å²) in [6.07, 6.45) is 0. The summed E-state index contributed by atoms with van der Waals surface area (Å²) in [5, 5.41) is 9.88. The Balaban J connectivity index is 1.27. The van der Waals surface area contributed by atoms with Crippen LogP contribution in [0.5, 0.6) is 0 Å². The molecule has 0 atom stereocenters. The summed E-state index contributed by atoms with van der Waals surface area (Å²) >= 11 is 0. The van der Waals surface area contributed by atoms with Crippen LogP contribution in [0, 0.1) is 6.92 Å². The number of carbonyl (C=O) groups excluding carboxylic acids is 1. The molecule has 0 aliphatic carbocycles. The number of aromatic nitrogens is 2. The van der Waals surface area contributed by atoms with Gasteiger partial charge in [0.2, 0.25) is 0 Å². The highest BCUT2D eigenvalue weighted by molar-refractivity contribution is 5.93. The number of amides is 1. The first-order valence-electron chi connectivity index (χ1n) is 10.5. The lowest BCUT2D eigenvalue weighted by Gasteiger charge is -2.34. The van der Waals surface area contributed by atoms with Crippen molar-refractivity contribution in [1.82, 2.24) is 25.3 Å². The Bertz CT molecular complexity index is 968. The summed E-state index contributed by atoms with van der Waals surface area (Å²) < 4.78 is 5.56. The van der Waals surface area contributed by atoms with Crippen LogP contribution in [0.25, 0.3) is 11.5 Å². The Morgan fingerprint density at radius 3 is 2.43 bits per heavy atom. The van der Waals surface area contributed by atoms with Gasteiger partial charge in [-0.25, -0.2) is 0 Å². The molecule has 4 rings (SSSR count). The molecule has 3 heterocycles. The molecule has 3 aromatic rings. The van der Waals surface area contributed by atoms with Crippen LogP contribution < -0.4 is 5.32 Å². The number of aromatic amines is 1. The lowest BCUT2D eigenvalue weighted by atomic mass is 10.1. The second kappa shape index (κ2) is 9.28. The zero-order valence-corrected chi connectivity index (χ0v) is 17.6. The molecule has 0 unspecified atom stereocenters. The van der Waals surface area contributed by atoms with Gasteiger partial charge in [0.1, 0.15) is 11.5 Å². The molecule has 1 saturated heterocycles. The summed E-state index contributed by atoms with van der Waals surface area (Å²) in [6, 6.07) is 13.9. The largest absolute Gasteiger partial charge is 0.460 e. The molecule has 0 radical (unpaired) electrons. The maximum absolute atomic E-state index is 12.4. The molecule has 2 N–H and O–H groups in total. The fourth-order valence-corrected chi connectivity index (χ4v) is 3.70. The van der Waals surface area contributed by atoms with Gasteiger partial charge in [0, 0.05) is 45.3 Å². The van der Waals surface area contributed by atoms with E-state index >= 15 is 0 Å². The average Bonchev–Trinajstić information content (AvgIpc) is 3.43. The van der Waals surface area contributed by atoms with Gasteiger partial charge in [-0.15, -0.1) is 0 Å². The van der Waals surface area contributed by atoms with Gasteiger partial charge in [-0.2, -0.15) is 5.10 Å². The zero-order valence-electron chi connectivity index (χ0n) is 17.6. The van der Waals surface area contributed by atoms with Crippen LogP contribution in [-0.2, 0) is 13.1 Å².